The van der Waals surface area contributed by atoms with Gasteiger partial charge in [0.2, 0.25) is 0 Å². The smallest absolute Gasteiger partial charge is 0.294 e. The summed E-state index contributed by atoms with van der Waals surface area (Å²) < 4.78 is 10.5. The second-order valence-corrected chi connectivity index (χ2v) is 6.68. The van der Waals surface area contributed by atoms with E-state index in [4.69, 9.17) is 9.47 Å². The Morgan fingerprint density at radius 3 is 2.50 bits per heavy atom. The topological polar surface area (TPSA) is 59.1 Å². The fraction of sp³-hybridized carbons (Fsp3) is 0.412. The van der Waals surface area contributed by atoms with Crippen LogP contribution < -0.4 is 9.47 Å². The summed E-state index contributed by atoms with van der Waals surface area (Å²) in [6, 6.07) is 5.39. The molecule has 2 aliphatic heterocycles. The Morgan fingerprint density at radius 2 is 1.83 bits per heavy atom. The number of nitrogens with zero attached hydrogens (tertiary/aromatic N) is 2. The number of carbonyl (C=O) groups excluding carboxylic acids is 2. The molecule has 128 valence electrons. The number of imide groups is 1. The second-order valence-electron chi connectivity index (χ2n) is 5.69. The van der Waals surface area contributed by atoms with Gasteiger partial charge in [0.05, 0.1) is 25.8 Å². The predicted molar refractivity (Wildman–Crippen MR) is 93.0 cm³/mol. The van der Waals surface area contributed by atoms with Gasteiger partial charge in [-0.15, -0.1) is 0 Å². The van der Waals surface area contributed by atoms with Crippen molar-refractivity contribution in [1.29, 1.82) is 0 Å². The van der Waals surface area contributed by atoms with E-state index in [-0.39, 0.29) is 11.1 Å². The van der Waals surface area contributed by atoms with Crippen LogP contribution in [0.5, 0.6) is 11.5 Å². The number of benzene rings is 1. The molecule has 0 radical (unpaired) electrons. The molecule has 0 unspecified atom stereocenters. The second kappa shape index (κ2) is 7.27. The van der Waals surface area contributed by atoms with Crippen molar-refractivity contribution in [1.82, 2.24) is 9.80 Å². The van der Waals surface area contributed by atoms with Crippen molar-refractivity contribution < 1.29 is 19.1 Å². The molecular weight excluding hydrogens is 328 g/mol. The lowest BCUT2D eigenvalue weighted by molar-refractivity contribution is -0.124. The number of hydrogen-bond donors (Lipinski definition) is 0. The molecule has 2 aliphatic rings. The zero-order chi connectivity index (χ0) is 17.1. The first-order valence-electron chi connectivity index (χ1n) is 7.82. The molecule has 7 heteroatoms. The largest absolute Gasteiger partial charge is 0.493 e. The minimum Gasteiger partial charge on any atom is -0.493 e. The van der Waals surface area contributed by atoms with Gasteiger partial charge in [-0.3, -0.25) is 19.4 Å². The fourth-order valence-electron chi connectivity index (χ4n) is 2.84. The molecule has 0 aromatic heterocycles. The van der Waals surface area contributed by atoms with E-state index in [2.05, 4.69) is 4.90 Å². The number of thioether (sulfide) groups is 1. The van der Waals surface area contributed by atoms with Crippen LogP contribution in [-0.4, -0.2) is 54.9 Å². The monoisotopic (exact) mass is 348 g/mol. The number of likely N-dealkylation sites (tertiary alicyclic amines) is 1. The first-order valence-corrected chi connectivity index (χ1v) is 8.64. The summed E-state index contributed by atoms with van der Waals surface area (Å²) in [4.78, 5) is 28.6. The van der Waals surface area contributed by atoms with Crippen molar-refractivity contribution in [3.8, 4) is 11.5 Å². The Kier molecular flexibility index (Phi) is 5.11. The van der Waals surface area contributed by atoms with E-state index in [0.29, 0.717) is 23.1 Å². The highest BCUT2D eigenvalue weighted by Crippen LogP contribution is 2.34. The zero-order valence-corrected chi connectivity index (χ0v) is 14.6. The Morgan fingerprint density at radius 1 is 1.12 bits per heavy atom. The Balaban J connectivity index is 1.78. The molecule has 2 fully saturated rings. The number of hydrogen-bond acceptors (Lipinski definition) is 6. The van der Waals surface area contributed by atoms with Gasteiger partial charge in [-0.05, 0) is 61.5 Å². The van der Waals surface area contributed by atoms with Crippen LogP contribution in [0.4, 0.5) is 4.79 Å². The highest BCUT2D eigenvalue weighted by Gasteiger charge is 2.36. The number of rotatable bonds is 5. The number of methoxy groups -OCH3 is 2. The van der Waals surface area contributed by atoms with Crippen molar-refractivity contribution in [2.24, 2.45) is 0 Å². The molecule has 0 aliphatic carbocycles. The summed E-state index contributed by atoms with van der Waals surface area (Å²) in [5, 5.41) is -0.210. The van der Waals surface area contributed by atoms with Crippen LogP contribution in [-0.2, 0) is 4.79 Å². The highest BCUT2D eigenvalue weighted by molar-refractivity contribution is 8.18. The van der Waals surface area contributed by atoms with Crippen LogP contribution in [0.2, 0.25) is 0 Å². The third-order valence-corrected chi connectivity index (χ3v) is 5.03. The molecule has 1 aromatic carbocycles. The molecular formula is C17H20N2O4S. The lowest BCUT2D eigenvalue weighted by atomic mass is 10.2. The molecule has 24 heavy (non-hydrogen) atoms. The summed E-state index contributed by atoms with van der Waals surface area (Å²) in [6.45, 7) is 2.26. The van der Waals surface area contributed by atoms with E-state index >= 15 is 0 Å². The molecule has 2 amide bonds. The third kappa shape index (κ3) is 3.42. The fourth-order valence-corrected chi connectivity index (χ4v) is 3.67. The molecule has 2 heterocycles. The number of ether oxygens (including phenoxy) is 2. The number of amides is 2. The maximum Gasteiger partial charge on any atom is 0.294 e. The molecule has 2 saturated heterocycles. The van der Waals surface area contributed by atoms with Crippen molar-refractivity contribution in [2.75, 3.05) is 34.0 Å². The summed E-state index contributed by atoms with van der Waals surface area (Å²) >= 11 is 0.983. The summed E-state index contributed by atoms with van der Waals surface area (Å²) in [7, 11) is 3.13. The van der Waals surface area contributed by atoms with Crippen molar-refractivity contribution in [3.63, 3.8) is 0 Å². The van der Waals surface area contributed by atoms with Crippen molar-refractivity contribution >= 4 is 29.0 Å². The molecule has 1 aromatic rings. The van der Waals surface area contributed by atoms with Crippen LogP contribution in [0.3, 0.4) is 0 Å². The Hall–Kier alpha value is -1.99. The summed E-state index contributed by atoms with van der Waals surface area (Å²) in [5.41, 5.74) is 0.791. The first kappa shape index (κ1) is 16.9. The van der Waals surface area contributed by atoms with E-state index in [1.165, 1.54) is 4.90 Å². The average Bonchev–Trinajstić information content (AvgIpc) is 3.19. The molecule has 3 rings (SSSR count). The van der Waals surface area contributed by atoms with E-state index in [1.54, 1.807) is 32.4 Å². The van der Waals surface area contributed by atoms with Gasteiger partial charge in [-0.1, -0.05) is 6.07 Å². The molecule has 6 nitrogen and oxygen atoms in total. The van der Waals surface area contributed by atoms with E-state index in [1.807, 2.05) is 6.07 Å². The highest BCUT2D eigenvalue weighted by atomic mass is 32.2. The van der Waals surface area contributed by atoms with Gasteiger partial charge in [0.1, 0.15) is 0 Å². The predicted octanol–water partition coefficient (Wildman–Crippen LogP) is 2.79. The zero-order valence-electron chi connectivity index (χ0n) is 13.8. The van der Waals surface area contributed by atoms with E-state index in [9.17, 15) is 9.59 Å². The summed E-state index contributed by atoms with van der Waals surface area (Å²) in [6.07, 6.45) is 3.96. The van der Waals surface area contributed by atoms with Crippen LogP contribution in [0.1, 0.15) is 18.4 Å². The molecule has 0 N–H and O–H groups in total. The maximum absolute atomic E-state index is 12.5. The Labute approximate surface area is 145 Å². The van der Waals surface area contributed by atoms with Gasteiger partial charge in [0.25, 0.3) is 11.1 Å². The minimum atomic E-state index is -0.230. The van der Waals surface area contributed by atoms with Gasteiger partial charge in [-0.2, -0.15) is 0 Å². The van der Waals surface area contributed by atoms with Crippen LogP contribution in [0, 0.1) is 0 Å². The number of carbonyl (C=O) groups is 2. The van der Waals surface area contributed by atoms with Gasteiger partial charge in [-0.25, -0.2) is 0 Å². The minimum absolute atomic E-state index is 0.210. The maximum atomic E-state index is 12.5. The van der Waals surface area contributed by atoms with Gasteiger partial charge in [0.15, 0.2) is 11.5 Å². The summed E-state index contributed by atoms with van der Waals surface area (Å²) in [5.74, 6) is 0.978. The SMILES string of the molecule is COc1ccc(/C=C2/SC(=O)N(CN3CCCC3)C2=O)cc1OC. The van der Waals surface area contributed by atoms with Gasteiger partial charge < -0.3 is 9.47 Å². The first-order chi connectivity index (χ1) is 11.6. The molecule has 0 atom stereocenters. The molecule has 0 bridgehead atoms. The van der Waals surface area contributed by atoms with Crippen molar-refractivity contribution in [2.45, 2.75) is 12.8 Å². The van der Waals surface area contributed by atoms with Crippen LogP contribution >= 0.6 is 11.8 Å². The quantitative estimate of drug-likeness (QED) is 0.763. The normalized spacial score (nSPS) is 20.2. The lowest BCUT2D eigenvalue weighted by Crippen LogP contribution is -2.38. The molecule has 0 spiro atoms. The lowest BCUT2D eigenvalue weighted by Gasteiger charge is -2.20. The van der Waals surface area contributed by atoms with E-state index < -0.39 is 0 Å². The van der Waals surface area contributed by atoms with Gasteiger partial charge in [0, 0.05) is 0 Å². The Bertz CT molecular complexity index is 683. The van der Waals surface area contributed by atoms with Crippen molar-refractivity contribution in [3.05, 3.63) is 28.7 Å². The van der Waals surface area contributed by atoms with E-state index in [0.717, 1.165) is 43.3 Å². The third-order valence-electron chi connectivity index (χ3n) is 4.12. The van der Waals surface area contributed by atoms with Crippen LogP contribution in [0.25, 0.3) is 6.08 Å². The van der Waals surface area contributed by atoms with Crippen LogP contribution in [0.15, 0.2) is 23.1 Å². The standard InChI is InChI=1S/C17H20N2O4S/c1-22-13-6-5-12(9-14(13)23-2)10-15-16(20)19(17(21)24-15)11-18-7-3-4-8-18/h5-6,9-10H,3-4,7-8,11H2,1-2H3/b15-10+. The van der Waals surface area contributed by atoms with Gasteiger partial charge >= 0.3 is 0 Å². The average molecular weight is 348 g/mol. The molecule has 0 saturated carbocycles.